The number of anilines is 2. The summed E-state index contributed by atoms with van der Waals surface area (Å²) in [6, 6.07) is 14.1. The highest BCUT2D eigenvalue weighted by Gasteiger charge is 2.13. The monoisotopic (exact) mass is 346 g/mol. The number of aryl methyl sites for hydroxylation is 1. The quantitative estimate of drug-likeness (QED) is 0.446. The zero-order valence-electron chi connectivity index (χ0n) is 13.8. The van der Waals surface area contributed by atoms with Crippen molar-refractivity contribution in [2.75, 3.05) is 5.32 Å². The van der Waals surface area contributed by atoms with Crippen molar-refractivity contribution in [1.29, 1.82) is 0 Å². The molecule has 0 radical (unpaired) electrons. The van der Waals surface area contributed by atoms with Gasteiger partial charge in [-0.05, 0) is 30.7 Å². The van der Waals surface area contributed by atoms with Gasteiger partial charge >= 0.3 is 0 Å². The lowest BCUT2D eigenvalue weighted by Gasteiger charge is -2.09. The highest BCUT2D eigenvalue weighted by molar-refractivity contribution is 5.89. The van der Waals surface area contributed by atoms with Gasteiger partial charge in [-0.2, -0.15) is 5.10 Å². The van der Waals surface area contributed by atoms with Crippen molar-refractivity contribution in [1.82, 2.24) is 19.7 Å². The molecule has 0 bridgehead atoms. The van der Waals surface area contributed by atoms with E-state index in [1.54, 1.807) is 23.0 Å². The molecule has 8 heteroatoms. The molecule has 0 unspecified atom stereocenters. The van der Waals surface area contributed by atoms with Crippen LogP contribution >= 0.6 is 0 Å². The standard InChI is InChI=1S/C18H14N6O2/c1-12-4-2-3-5-16(12)22-17-15-10-21-23(18(15)20-11-19-17)13-6-8-14(9-7-13)24(25)26/h2-11H,1H3,(H,19,20,22). The van der Waals surface area contributed by atoms with Gasteiger partial charge in [0.05, 0.1) is 22.2 Å². The normalized spacial score (nSPS) is 10.8. The number of rotatable bonds is 4. The summed E-state index contributed by atoms with van der Waals surface area (Å²) in [7, 11) is 0. The third-order valence-electron chi connectivity index (χ3n) is 4.07. The van der Waals surface area contributed by atoms with E-state index in [0.29, 0.717) is 17.2 Å². The molecular weight excluding hydrogens is 332 g/mol. The Bertz CT molecular complexity index is 1100. The fourth-order valence-corrected chi connectivity index (χ4v) is 2.69. The predicted octanol–water partition coefficient (Wildman–Crippen LogP) is 3.78. The molecule has 4 aromatic rings. The van der Waals surface area contributed by atoms with E-state index in [4.69, 9.17) is 0 Å². The van der Waals surface area contributed by atoms with Crippen LogP contribution in [0, 0.1) is 17.0 Å². The van der Waals surface area contributed by atoms with Gasteiger partial charge in [0.2, 0.25) is 0 Å². The van der Waals surface area contributed by atoms with E-state index in [9.17, 15) is 10.1 Å². The van der Waals surface area contributed by atoms with Crippen LogP contribution in [0.1, 0.15) is 5.56 Å². The number of fused-ring (bicyclic) bond motifs is 1. The van der Waals surface area contributed by atoms with Gasteiger partial charge in [0.1, 0.15) is 12.1 Å². The number of benzene rings is 2. The first kappa shape index (κ1) is 15.7. The van der Waals surface area contributed by atoms with E-state index < -0.39 is 4.92 Å². The number of nitrogens with one attached hydrogen (secondary N) is 1. The van der Waals surface area contributed by atoms with Gasteiger partial charge in [-0.15, -0.1) is 0 Å². The second kappa shape index (κ2) is 6.25. The number of para-hydroxylation sites is 1. The van der Waals surface area contributed by atoms with E-state index >= 15 is 0 Å². The molecule has 0 aliphatic heterocycles. The SMILES string of the molecule is Cc1ccccc1Nc1ncnc2c1cnn2-c1ccc([N+](=O)[O-])cc1. The van der Waals surface area contributed by atoms with Crippen LogP contribution in [0.25, 0.3) is 16.7 Å². The van der Waals surface area contributed by atoms with E-state index in [-0.39, 0.29) is 5.69 Å². The second-order valence-electron chi connectivity index (χ2n) is 5.73. The van der Waals surface area contributed by atoms with E-state index in [1.165, 1.54) is 18.5 Å². The lowest BCUT2D eigenvalue weighted by atomic mass is 10.2. The molecule has 128 valence electrons. The first-order valence-electron chi connectivity index (χ1n) is 7.90. The molecular formula is C18H14N6O2. The molecule has 2 aromatic carbocycles. The van der Waals surface area contributed by atoms with Gasteiger partial charge in [-0.3, -0.25) is 10.1 Å². The summed E-state index contributed by atoms with van der Waals surface area (Å²) < 4.78 is 1.63. The molecule has 0 amide bonds. The van der Waals surface area contributed by atoms with Gasteiger partial charge in [0.25, 0.3) is 5.69 Å². The van der Waals surface area contributed by atoms with Crippen LogP contribution in [0.15, 0.2) is 61.1 Å². The Morgan fingerprint density at radius 2 is 1.85 bits per heavy atom. The van der Waals surface area contributed by atoms with Crippen molar-refractivity contribution in [3.8, 4) is 5.69 Å². The Hall–Kier alpha value is -3.81. The smallest absolute Gasteiger partial charge is 0.269 e. The number of nitrogens with zero attached hydrogens (tertiary/aromatic N) is 5. The maximum atomic E-state index is 10.8. The van der Waals surface area contributed by atoms with Gasteiger partial charge < -0.3 is 5.32 Å². The molecule has 26 heavy (non-hydrogen) atoms. The molecule has 0 saturated carbocycles. The van der Waals surface area contributed by atoms with Crippen LogP contribution in [0.5, 0.6) is 0 Å². The van der Waals surface area contributed by atoms with Crippen molar-refractivity contribution in [3.63, 3.8) is 0 Å². The minimum atomic E-state index is -0.433. The molecule has 0 atom stereocenters. The molecule has 0 saturated heterocycles. The Morgan fingerprint density at radius 3 is 2.58 bits per heavy atom. The summed E-state index contributed by atoms with van der Waals surface area (Å²) >= 11 is 0. The summed E-state index contributed by atoms with van der Waals surface area (Å²) in [5, 5.41) is 19.2. The molecule has 4 rings (SSSR count). The first-order valence-corrected chi connectivity index (χ1v) is 7.90. The molecule has 0 spiro atoms. The average Bonchev–Trinajstić information content (AvgIpc) is 3.09. The second-order valence-corrected chi connectivity index (χ2v) is 5.73. The molecule has 2 aromatic heterocycles. The number of non-ortho nitro benzene ring substituents is 1. The third-order valence-corrected chi connectivity index (χ3v) is 4.07. The largest absolute Gasteiger partial charge is 0.339 e. The zero-order valence-corrected chi connectivity index (χ0v) is 13.8. The lowest BCUT2D eigenvalue weighted by Crippen LogP contribution is -2.00. The van der Waals surface area contributed by atoms with Gasteiger partial charge in [-0.25, -0.2) is 14.6 Å². The van der Waals surface area contributed by atoms with Crippen molar-refractivity contribution in [3.05, 3.63) is 76.7 Å². The highest BCUT2D eigenvalue weighted by Crippen LogP contribution is 2.26. The summed E-state index contributed by atoms with van der Waals surface area (Å²) in [5.74, 6) is 0.650. The van der Waals surface area contributed by atoms with Crippen LogP contribution in [0.3, 0.4) is 0 Å². The van der Waals surface area contributed by atoms with Crippen molar-refractivity contribution >= 4 is 28.2 Å². The molecule has 0 fully saturated rings. The molecule has 0 aliphatic carbocycles. The van der Waals surface area contributed by atoms with Crippen molar-refractivity contribution < 1.29 is 4.92 Å². The highest BCUT2D eigenvalue weighted by atomic mass is 16.6. The van der Waals surface area contributed by atoms with Crippen LogP contribution in [0.2, 0.25) is 0 Å². The minimum absolute atomic E-state index is 0.0294. The maximum Gasteiger partial charge on any atom is 0.269 e. The van der Waals surface area contributed by atoms with E-state index in [2.05, 4.69) is 20.4 Å². The number of hydrogen-bond donors (Lipinski definition) is 1. The molecule has 1 N–H and O–H groups in total. The van der Waals surface area contributed by atoms with Crippen LogP contribution in [0.4, 0.5) is 17.2 Å². The number of hydrogen-bond acceptors (Lipinski definition) is 6. The zero-order chi connectivity index (χ0) is 18.1. The number of aromatic nitrogens is 4. The fraction of sp³-hybridized carbons (Fsp3) is 0.0556. The van der Waals surface area contributed by atoms with E-state index in [1.807, 2.05) is 31.2 Å². The molecule has 8 nitrogen and oxygen atoms in total. The Labute approximate surface area is 148 Å². The topological polar surface area (TPSA) is 98.8 Å². The van der Waals surface area contributed by atoms with Gasteiger partial charge in [-0.1, -0.05) is 18.2 Å². The van der Waals surface area contributed by atoms with E-state index in [0.717, 1.165) is 16.6 Å². The number of nitro benzene ring substituents is 1. The van der Waals surface area contributed by atoms with Crippen LogP contribution < -0.4 is 5.32 Å². The summed E-state index contributed by atoms with van der Waals surface area (Å²) in [4.78, 5) is 19.0. The summed E-state index contributed by atoms with van der Waals surface area (Å²) in [5.41, 5.74) is 3.38. The van der Waals surface area contributed by atoms with Crippen LogP contribution in [-0.4, -0.2) is 24.7 Å². The van der Waals surface area contributed by atoms with Crippen molar-refractivity contribution in [2.24, 2.45) is 0 Å². The Balaban J connectivity index is 1.75. The molecule has 0 aliphatic rings. The minimum Gasteiger partial charge on any atom is -0.339 e. The molecule has 2 heterocycles. The predicted molar refractivity (Wildman–Crippen MR) is 97.8 cm³/mol. The summed E-state index contributed by atoms with van der Waals surface area (Å²) in [6.07, 6.45) is 3.14. The average molecular weight is 346 g/mol. The maximum absolute atomic E-state index is 10.8. The van der Waals surface area contributed by atoms with Gasteiger partial charge in [0.15, 0.2) is 5.65 Å². The lowest BCUT2D eigenvalue weighted by molar-refractivity contribution is -0.384. The summed E-state index contributed by atoms with van der Waals surface area (Å²) in [6.45, 7) is 2.01. The Morgan fingerprint density at radius 1 is 1.08 bits per heavy atom. The van der Waals surface area contributed by atoms with Crippen LogP contribution in [-0.2, 0) is 0 Å². The fourth-order valence-electron chi connectivity index (χ4n) is 2.69. The first-order chi connectivity index (χ1) is 12.6. The Kier molecular flexibility index (Phi) is 3.77. The van der Waals surface area contributed by atoms with Crippen molar-refractivity contribution in [2.45, 2.75) is 6.92 Å². The third kappa shape index (κ3) is 2.73. The van der Waals surface area contributed by atoms with Gasteiger partial charge in [0, 0.05) is 17.8 Å². The number of nitro groups is 1.